The Balaban J connectivity index is 1.84. The molecular formula is C16H20N6O3. The second-order valence-electron chi connectivity index (χ2n) is 6.29. The van der Waals surface area contributed by atoms with Crippen LogP contribution in [0.5, 0.6) is 0 Å². The molecule has 0 bridgehead atoms. The zero-order valence-electron chi connectivity index (χ0n) is 14.4. The highest BCUT2D eigenvalue weighted by Crippen LogP contribution is 2.32. The SMILES string of the molecule is Cc1cc(C)c([N+](=O)[O-])cc1NC(=O)N1CCCC1c1nncn1C. The van der Waals surface area contributed by atoms with Crippen molar-refractivity contribution in [1.29, 1.82) is 0 Å². The Morgan fingerprint density at radius 1 is 1.36 bits per heavy atom. The first-order valence-corrected chi connectivity index (χ1v) is 8.05. The van der Waals surface area contributed by atoms with Crippen LogP contribution in [0, 0.1) is 24.0 Å². The Morgan fingerprint density at radius 2 is 2.12 bits per heavy atom. The molecule has 0 spiro atoms. The van der Waals surface area contributed by atoms with Gasteiger partial charge in [0.1, 0.15) is 6.33 Å². The summed E-state index contributed by atoms with van der Waals surface area (Å²) in [5.41, 5.74) is 1.79. The van der Waals surface area contributed by atoms with E-state index in [1.54, 1.807) is 28.8 Å². The number of aromatic nitrogens is 3. The maximum absolute atomic E-state index is 12.7. The number of nitrogens with one attached hydrogen (secondary N) is 1. The number of nitrogens with zero attached hydrogens (tertiary/aromatic N) is 5. The normalized spacial score (nSPS) is 16.9. The standard InChI is InChI=1S/C16H20N6O3/c1-10-7-11(2)14(22(24)25)8-12(10)18-16(23)21-6-4-5-13(21)15-19-17-9-20(15)3/h7-9,13H,4-6H2,1-3H3,(H,18,23). The predicted octanol–water partition coefficient (Wildman–Crippen LogP) is 2.71. The van der Waals surface area contributed by atoms with E-state index in [1.807, 2.05) is 14.0 Å². The molecule has 0 radical (unpaired) electrons. The number of rotatable bonds is 3. The number of carbonyl (C=O) groups excluding carboxylic acids is 1. The van der Waals surface area contributed by atoms with E-state index < -0.39 is 4.92 Å². The number of nitro benzene ring substituents is 1. The molecule has 1 fully saturated rings. The lowest BCUT2D eigenvalue weighted by Crippen LogP contribution is -2.35. The summed E-state index contributed by atoms with van der Waals surface area (Å²) < 4.78 is 1.80. The Kier molecular flexibility index (Phi) is 4.39. The Bertz CT molecular complexity index is 831. The van der Waals surface area contributed by atoms with Gasteiger partial charge in [-0.2, -0.15) is 0 Å². The van der Waals surface area contributed by atoms with Crippen LogP contribution in [0.25, 0.3) is 0 Å². The van der Waals surface area contributed by atoms with Crippen molar-refractivity contribution < 1.29 is 9.72 Å². The van der Waals surface area contributed by atoms with Crippen LogP contribution in [0.3, 0.4) is 0 Å². The van der Waals surface area contributed by atoms with Crippen molar-refractivity contribution in [2.75, 3.05) is 11.9 Å². The fourth-order valence-electron chi connectivity index (χ4n) is 3.23. The van der Waals surface area contributed by atoms with E-state index in [1.165, 1.54) is 6.07 Å². The van der Waals surface area contributed by atoms with Crippen LogP contribution >= 0.6 is 0 Å². The van der Waals surface area contributed by atoms with Crippen LogP contribution in [0.1, 0.15) is 35.8 Å². The fraction of sp³-hybridized carbons (Fsp3) is 0.438. The molecule has 0 saturated carbocycles. The highest BCUT2D eigenvalue weighted by Gasteiger charge is 2.33. The third-order valence-electron chi connectivity index (χ3n) is 4.54. The lowest BCUT2D eigenvalue weighted by atomic mass is 10.1. The summed E-state index contributed by atoms with van der Waals surface area (Å²) in [6.45, 7) is 4.11. The van der Waals surface area contributed by atoms with Crippen LogP contribution < -0.4 is 5.32 Å². The summed E-state index contributed by atoms with van der Waals surface area (Å²) in [5, 5.41) is 21.9. The van der Waals surface area contributed by atoms with E-state index >= 15 is 0 Å². The third-order valence-corrected chi connectivity index (χ3v) is 4.54. The van der Waals surface area contributed by atoms with E-state index in [-0.39, 0.29) is 17.8 Å². The molecule has 2 aromatic rings. The van der Waals surface area contributed by atoms with Crippen molar-refractivity contribution in [1.82, 2.24) is 19.7 Å². The Labute approximate surface area is 144 Å². The van der Waals surface area contributed by atoms with Crippen molar-refractivity contribution in [2.24, 2.45) is 7.05 Å². The minimum Gasteiger partial charge on any atom is -0.319 e. The summed E-state index contributed by atoms with van der Waals surface area (Å²) in [4.78, 5) is 25.1. The van der Waals surface area contributed by atoms with Gasteiger partial charge in [0.2, 0.25) is 0 Å². The number of urea groups is 1. The molecule has 1 saturated heterocycles. The fourth-order valence-corrected chi connectivity index (χ4v) is 3.23. The minimum atomic E-state index is -0.442. The van der Waals surface area contributed by atoms with E-state index in [0.717, 1.165) is 24.2 Å². The quantitative estimate of drug-likeness (QED) is 0.680. The predicted molar refractivity (Wildman–Crippen MR) is 91.3 cm³/mol. The van der Waals surface area contributed by atoms with Gasteiger partial charge in [0.25, 0.3) is 5.69 Å². The first-order valence-electron chi connectivity index (χ1n) is 8.05. The molecule has 9 heteroatoms. The van der Waals surface area contributed by atoms with Gasteiger partial charge in [0, 0.05) is 25.2 Å². The number of carbonyl (C=O) groups is 1. The lowest BCUT2D eigenvalue weighted by molar-refractivity contribution is -0.385. The van der Waals surface area contributed by atoms with Crippen molar-refractivity contribution in [2.45, 2.75) is 32.7 Å². The van der Waals surface area contributed by atoms with E-state index in [9.17, 15) is 14.9 Å². The van der Waals surface area contributed by atoms with Crippen molar-refractivity contribution >= 4 is 17.4 Å². The molecule has 9 nitrogen and oxygen atoms in total. The molecule has 25 heavy (non-hydrogen) atoms. The van der Waals surface area contributed by atoms with Gasteiger partial charge in [-0.25, -0.2) is 4.79 Å². The van der Waals surface area contributed by atoms with Crippen LogP contribution in [0.2, 0.25) is 0 Å². The summed E-state index contributed by atoms with van der Waals surface area (Å²) in [5.74, 6) is 0.735. The molecule has 1 atom stereocenters. The number of amides is 2. The molecule has 2 amide bonds. The maximum Gasteiger partial charge on any atom is 0.322 e. The van der Waals surface area contributed by atoms with Crippen LogP contribution in [0.15, 0.2) is 18.5 Å². The van der Waals surface area contributed by atoms with Crippen molar-refractivity contribution in [3.8, 4) is 0 Å². The second kappa shape index (κ2) is 6.50. The summed E-state index contributed by atoms with van der Waals surface area (Å²) in [6, 6.07) is 2.69. The molecule has 0 aliphatic carbocycles. The van der Waals surface area contributed by atoms with Gasteiger partial charge in [-0.15, -0.1) is 10.2 Å². The van der Waals surface area contributed by atoms with Gasteiger partial charge in [-0.3, -0.25) is 10.1 Å². The molecule has 1 aromatic heterocycles. The van der Waals surface area contributed by atoms with Crippen LogP contribution in [-0.4, -0.2) is 37.2 Å². The number of hydrogen-bond acceptors (Lipinski definition) is 5. The van der Waals surface area contributed by atoms with Crippen LogP contribution in [-0.2, 0) is 7.05 Å². The molecule has 3 rings (SSSR count). The van der Waals surface area contributed by atoms with E-state index in [2.05, 4.69) is 15.5 Å². The van der Waals surface area contributed by atoms with Gasteiger partial charge >= 0.3 is 6.03 Å². The highest BCUT2D eigenvalue weighted by molar-refractivity contribution is 5.91. The maximum atomic E-state index is 12.7. The minimum absolute atomic E-state index is 0.00725. The number of benzene rings is 1. The Hall–Kier alpha value is -2.97. The highest BCUT2D eigenvalue weighted by atomic mass is 16.6. The molecule has 1 aliphatic heterocycles. The van der Waals surface area contributed by atoms with Crippen molar-refractivity contribution in [3.05, 3.63) is 45.5 Å². The molecule has 1 aliphatic rings. The average Bonchev–Trinajstić information content (AvgIpc) is 3.17. The molecule has 1 unspecified atom stereocenters. The lowest BCUT2D eigenvalue weighted by Gasteiger charge is -2.24. The monoisotopic (exact) mass is 344 g/mol. The number of hydrogen-bond donors (Lipinski definition) is 1. The second-order valence-corrected chi connectivity index (χ2v) is 6.29. The third kappa shape index (κ3) is 3.17. The van der Waals surface area contributed by atoms with Crippen molar-refractivity contribution in [3.63, 3.8) is 0 Å². The number of nitro groups is 1. The first kappa shape index (κ1) is 16.9. The van der Waals surface area contributed by atoms with Gasteiger partial charge in [-0.05, 0) is 38.3 Å². The number of aryl methyl sites for hydroxylation is 3. The van der Waals surface area contributed by atoms with Crippen LogP contribution in [0.4, 0.5) is 16.2 Å². The van der Waals surface area contributed by atoms with Gasteiger partial charge < -0.3 is 14.8 Å². The largest absolute Gasteiger partial charge is 0.322 e. The Morgan fingerprint density at radius 3 is 2.76 bits per heavy atom. The zero-order chi connectivity index (χ0) is 18.1. The summed E-state index contributed by atoms with van der Waals surface area (Å²) in [6.07, 6.45) is 3.29. The topological polar surface area (TPSA) is 106 Å². The zero-order valence-corrected chi connectivity index (χ0v) is 14.4. The molecular weight excluding hydrogens is 324 g/mol. The van der Waals surface area contributed by atoms with Gasteiger partial charge in [0.05, 0.1) is 16.7 Å². The van der Waals surface area contributed by atoms with E-state index in [4.69, 9.17) is 0 Å². The smallest absolute Gasteiger partial charge is 0.319 e. The molecule has 2 heterocycles. The van der Waals surface area contributed by atoms with Gasteiger partial charge in [-0.1, -0.05) is 0 Å². The van der Waals surface area contributed by atoms with E-state index in [0.29, 0.717) is 17.8 Å². The van der Waals surface area contributed by atoms with Gasteiger partial charge in [0.15, 0.2) is 5.82 Å². The number of anilines is 1. The average molecular weight is 344 g/mol. The summed E-state index contributed by atoms with van der Waals surface area (Å²) in [7, 11) is 1.84. The number of likely N-dealkylation sites (tertiary alicyclic amines) is 1. The molecule has 1 N–H and O–H groups in total. The molecule has 1 aromatic carbocycles. The first-order chi connectivity index (χ1) is 11.9. The summed E-state index contributed by atoms with van der Waals surface area (Å²) >= 11 is 0. The molecule has 132 valence electrons.